The molecule has 5 nitrogen and oxygen atoms in total. The van der Waals surface area contributed by atoms with E-state index in [1.807, 2.05) is 78.9 Å². The quantitative estimate of drug-likeness (QED) is 0.195. The highest BCUT2D eigenvalue weighted by Crippen LogP contribution is 2.27. The minimum Gasteiger partial charge on any atom is -0.497 e. The van der Waals surface area contributed by atoms with Crippen LogP contribution in [0.3, 0.4) is 0 Å². The van der Waals surface area contributed by atoms with Crippen LogP contribution in [0.25, 0.3) is 6.08 Å². The van der Waals surface area contributed by atoms with E-state index >= 15 is 0 Å². The number of Topliss-reactive ketones (excluding diaryl/α,β-unsaturated/α-hetero) is 2. The fourth-order valence-corrected chi connectivity index (χ4v) is 4.82. The predicted molar refractivity (Wildman–Crippen MR) is 162 cm³/mol. The van der Waals surface area contributed by atoms with Crippen LogP contribution in [0.2, 0.25) is 0 Å². The number of hydrogen-bond donors (Lipinski definition) is 0. The van der Waals surface area contributed by atoms with Gasteiger partial charge in [-0.3, -0.25) is 14.4 Å². The molecule has 0 saturated heterocycles. The average Bonchev–Trinajstić information content (AvgIpc) is 3.04. The van der Waals surface area contributed by atoms with Crippen LogP contribution in [0.5, 0.6) is 11.5 Å². The van der Waals surface area contributed by atoms with Gasteiger partial charge in [-0.15, -0.1) is 0 Å². The number of fused-ring (bicyclic) bond motifs is 2. The fraction of sp³-hybridized carbons (Fsp3) is 0.194. The van der Waals surface area contributed by atoms with Crippen molar-refractivity contribution in [2.75, 3.05) is 14.2 Å². The van der Waals surface area contributed by atoms with Crippen molar-refractivity contribution in [1.29, 1.82) is 0 Å². The largest absolute Gasteiger partial charge is 0.497 e. The van der Waals surface area contributed by atoms with E-state index in [1.165, 1.54) is 5.56 Å². The summed E-state index contributed by atoms with van der Waals surface area (Å²) >= 11 is 0. The van der Waals surface area contributed by atoms with E-state index in [0.717, 1.165) is 77.7 Å². The SMILES string of the molecule is COc1ccc(/C=C2\CCc3ccccc3C2=O)cc1.COc1ccc(C=O)cc1.O=C1CCCc2ccccc21. The Morgan fingerprint density at radius 2 is 1.12 bits per heavy atom. The Morgan fingerprint density at radius 1 is 0.585 bits per heavy atom. The van der Waals surface area contributed by atoms with Gasteiger partial charge in [0.1, 0.15) is 17.8 Å². The van der Waals surface area contributed by atoms with Crippen LogP contribution < -0.4 is 9.47 Å². The molecule has 5 heteroatoms. The summed E-state index contributed by atoms with van der Waals surface area (Å²) in [6, 6.07) is 30.5. The lowest BCUT2D eigenvalue weighted by Crippen LogP contribution is -2.13. The number of ketones is 2. The highest BCUT2D eigenvalue weighted by molar-refractivity contribution is 6.13. The van der Waals surface area contributed by atoms with Crippen molar-refractivity contribution in [3.8, 4) is 11.5 Å². The lowest BCUT2D eigenvalue weighted by atomic mass is 9.86. The van der Waals surface area contributed by atoms with Crippen LogP contribution in [0.15, 0.2) is 103 Å². The highest BCUT2D eigenvalue weighted by atomic mass is 16.5. The predicted octanol–water partition coefficient (Wildman–Crippen LogP) is 7.62. The van der Waals surface area contributed by atoms with Gasteiger partial charge in [0.05, 0.1) is 14.2 Å². The third-order valence-corrected chi connectivity index (χ3v) is 7.09. The van der Waals surface area contributed by atoms with Gasteiger partial charge in [0, 0.05) is 28.7 Å². The Bertz CT molecular complexity index is 1510. The number of methoxy groups -OCH3 is 2. The fourth-order valence-electron chi connectivity index (χ4n) is 4.82. The molecule has 0 N–H and O–H groups in total. The van der Waals surface area contributed by atoms with Crippen LogP contribution >= 0.6 is 0 Å². The molecule has 4 aromatic rings. The van der Waals surface area contributed by atoms with Gasteiger partial charge in [-0.2, -0.15) is 0 Å². The molecular weight excluding hydrogens is 512 g/mol. The number of aldehydes is 1. The Balaban J connectivity index is 0.000000156. The maximum absolute atomic E-state index is 12.5. The minimum atomic E-state index is 0.155. The van der Waals surface area contributed by atoms with Gasteiger partial charge in [0.25, 0.3) is 0 Å². The average molecular weight is 547 g/mol. The van der Waals surface area contributed by atoms with Crippen LogP contribution in [0, 0.1) is 0 Å². The molecule has 2 aliphatic rings. The minimum absolute atomic E-state index is 0.155. The van der Waals surface area contributed by atoms with Gasteiger partial charge < -0.3 is 9.47 Å². The van der Waals surface area contributed by atoms with E-state index < -0.39 is 0 Å². The number of allylic oxidation sites excluding steroid dienone is 1. The summed E-state index contributed by atoms with van der Waals surface area (Å²) in [5, 5.41) is 0. The monoisotopic (exact) mass is 546 g/mol. The Morgan fingerprint density at radius 3 is 1.68 bits per heavy atom. The van der Waals surface area contributed by atoms with Crippen molar-refractivity contribution >= 4 is 23.9 Å². The number of ether oxygens (including phenoxy) is 2. The van der Waals surface area contributed by atoms with E-state index in [-0.39, 0.29) is 5.78 Å². The zero-order valence-corrected chi connectivity index (χ0v) is 23.5. The molecule has 41 heavy (non-hydrogen) atoms. The Kier molecular flexibility index (Phi) is 10.4. The number of carbonyl (C=O) groups excluding carboxylic acids is 3. The van der Waals surface area contributed by atoms with E-state index in [1.54, 1.807) is 38.5 Å². The molecule has 0 amide bonds. The summed E-state index contributed by atoms with van der Waals surface area (Å²) in [5.41, 5.74) is 6.76. The molecule has 0 atom stereocenters. The Labute approximate surface area is 241 Å². The molecule has 2 aliphatic carbocycles. The number of benzene rings is 4. The van der Waals surface area contributed by atoms with Gasteiger partial charge in [-0.05, 0) is 84.8 Å². The van der Waals surface area contributed by atoms with Crippen molar-refractivity contribution < 1.29 is 23.9 Å². The van der Waals surface area contributed by atoms with Gasteiger partial charge in [-0.1, -0.05) is 60.7 Å². The van der Waals surface area contributed by atoms with E-state index in [0.29, 0.717) is 11.3 Å². The molecule has 6 rings (SSSR count). The molecule has 0 spiro atoms. The van der Waals surface area contributed by atoms with Gasteiger partial charge >= 0.3 is 0 Å². The molecule has 0 bridgehead atoms. The summed E-state index contributed by atoms with van der Waals surface area (Å²) in [6.07, 6.45) is 7.36. The van der Waals surface area contributed by atoms with E-state index in [2.05, 4.69) is 0 Å². The van der Waals surface area contributed by atoms with Gasteiger partial charge in [0.2, 0.25) is 0 Å². The third kappa shape index (κ3) is 7.89. The zero-order chi connectivity index (χ0) is 29.0. The van der Waals surface area contributed by atoms with Crippen molar-refractivity contribution in [1.82, 2.24) is 0 Å². The first-order chi connectivity index (χ1) is 20.0. The molecule has 0 aliphatic heterocycles. The molecule has 208 valence electrons. The molecule has 0 radical (unpaired) electrons. The molecule has 0 heterocycles. The zero-order valence-electron chi connectivity index (χ0n) is 23.5. The summed E-state index contributed by atoms with van der Waals surface area (Å²) in [6.45, 7) is 0. The molecule has 0 aromatic heterocycles. The van der Waals surface area contributed by atoms with Crippen molar-refractivity contribution in [3.63, 3.8) is 0 Å². The summed E-state index contributed by atoms with van der Waals surface area (Å²) in [4.78, 5) is 33.9. The van der Waals surface area contributed by atoms with Crippen LogP contribution in [-0.4, -0.2) is 32.1 Å². The first-order valence-electron chi connectivity index (χ1n) is 13.7. The Hall–Kier alpha value is -4.77. The molecule has 0 unspecified atom stereocenters. The standard InChI is InChI=1S/C18H16O2.C10H10O.C8H8O2/c1-20-16-10-6-13(7-11-16)12-15-9-8-14-4-2-3-5-17(14)18(15)19;11-10-7-3-5-8-4-1-2-6-9(8)10;1-10-8-4-2-7(6-9)3-5-8/h2-7,10-12H,8-9H2,1H3;1-2,4,6H,3,5,7H2;2-6H,1H3/b15-12+;;. The van der Waals surface area contributed by atoms with Crippen LogP contribution in [0.1, 0.15) is 67.0 Å². The third-order valence-electron chi connectivity index (χ3n) is 7.09. The number of hydrogen-bond acceptors (Lipinski definition) is 5. The number of carbonyl (C=O) groups is 3. The summed E-state index contributed by atoms with van der Waals surface area (Å²) < 4.78 is 10.0. The molecule has 0 saturated carbocycles. The highest BCUT2D eigenvalue weighted by Gasteiger charge is 2.21. The molecule has 4 aromatic carbocycles. The second kappa shape index (κ2) is 14.6. The summed E-state index contributed by atoms with van der Waals surface area (Å²) in [7, 11) is 3.24. The van der Waals surface area contributed by atoms with E-state index in [9.17, 15) is 14.4 Å². The normalized spacial score (nSPS) is 14.3. The van der Waals surface area contributed by atoms with Crippen LogP contribution in [0.4, 0.5) is 0 Å². The lowest BCUT2D eigenvalue weighted by Gasteiger charge is -2.17. The van der Waals surface area contributed by atoms with Crippen molar-refractivity contribution in [2.24, 2.45) is 0 Å². The van der Waals surface area contributed by atoms with Gasteiger partial charge in [-0.25, -0.2) is 0 Å². The summed E-state index contributed by atoms with van der Waals surface area (Å²) in [5.74, 6) is 2.06. The smallest absolute Gasteiger partial charge is 0.189 e. The first-order valence-corrected chi connectivity index (χ1v) is 13.7. The first kappa shape index (κ1) is 29.2. The second-order valence-electron chi connectivity index (χ2n) is 9.75. The second-order valence-corrected chi connectivity index (χ2v) is 9.75. The van der Waals surface area contributed by atoms with Gasteiger partial charge in [0.15, 0.2) is 11.6 Å². The van der Waals surface area contributed by atoms with E-state index in [4.69, 9.17) is 9.47 Å². The van der Waals surface area contributed by atoms with Crippen LogP contribution in [-0.2, 0) is 12.8 Å². The molecular formula is C36H34O5. The number of aryl methyl sites for hydroxylation is 2. The maximum Gasteiger partial charge on any atom is 0.189 e. The number of rotatable bonds is 4. The van der Waals surface area contributed by atoms with Crippen molar-refractivity contribution in [2.45, 2.75) is 32.1 Å². The van der Waals surface area contributed by atoms with Crippen molar-refractivity contribution in [3.05, 3.63) is 136 Å². The molecule has 0 fully saturated rings. The topological polar surface area (TPSA) is 69.7 Å². The maximum atomic E-state index is 12.5. The lowest BCUT2D eigenvalue weighted by molar-refractivity contribution is 0.0971.